The van der Waals surface area contributed by atoms with Gasteiger partial charge in [-0.3, -0.25) is 4.90 Å². The zero-order valence-corrected chi connectivity index (χ0v) is 15.2. The molecule has 0 radical (unpaired) electrons. The number of fused-ring (bicyclic) bond motifs is 1. The van der Waals surface area contributed by atoms with Gasteiger partial charge in [0.05, 0.1) is 0 Å². The number of rotatable bonds is 3. The second kappa shape index (κ2) is 6.23. The molecule has 0 amide bonds. The Balaban J connectivity index is 1.99. The van der Waals surface area contributed by atoms with Crippen LogP contribution in [0.5, 0.6) is 0 Å². The molecular formula is C19H30N4. The number of imidazole rings is 1. The zero-order chi connectivity index (χ0) is 16.6. The molecule has 1 atom stereocenters. The highest BCUT2D eigenvalue weighted by atomic mass is 15.2. The molecule has 1 saturated heterocycles. The number of hydrogen-bond acceptors (Lipinski definition) is 3. The van der Waals surface area contributed by atoms with E-state index in [1.54, 1.807) is 0 Å². The van der Waals surface area contributed by atoms with Gasteiger partial charge in [0.25, 0.3) is 0 Å². The first kappa shape index (κ1) is 16.4. The van der Waals surface area contributed by atoms with Gasteiger partial charge in [0, 0.05) is 30.2 Å². The molecule has 1 fully saturated rings. The molecule has 23 heavy (non-hydrogen) atoms. The maximum atomic E-state index is 4.94. The predicted molar refractivity (Wildman–Crippen MR) is 95.7 cm³/mol. The van der Waals surface area contributed by atoms with Crippen molar-refractivity contribution in [3.63, 3.8) is 0 Å². The van der Waals surface area contributed by atoms with Gasteiger partial charge in [-0.05, 0) is 66.1 Å². The minimum absolute atomic E-state index is 0.00420. The van der Waals surface area contributed by atoms with Gasteiger partial charge in [-0.15, -0.1) is 0 Å². The maximum absolute atomic E-state index is 4.94. The lowest BCUT2D eigenvalue weighted by Crippen LogP contribution is -2.45. The van der Waals surface area contributed by atoms with Crippen molar-refractivity contribution in [3.8, 4) is 0 Å². The molecule has 0 spiro atoms. The normalized spacial score (nSPS) is 20.5. The lowest BCUT2D eigenvalue weighted by molar-refractivity contribution is 0.109. The topological polar surface area (TPSA) is 34.0 Å². The molecule has 3 heterocycles. The Hall–Kier alpha value is -1.42. The van der Waals surface area contributed by atoms with Crippen molar-refractivity contribution in [3.05, 3.63) is 24.2 Å². The van der Waals surface area contributed by atoms with E-state index in [2.05, 4.69) is 55.1 Å². The van der Waals surface area contributed by atoms with Crippen molar-refractivity contribution >= 4 is 11.2 Å². The van der Waals surface area contributed by atoms with Gasteiger partial charge in [-0.2, -0.15) is 0 Å². The van der Waals surface area contributed by atoms with E-state index in [9.17, 15) is 0 Å². The largest absolute Gasteiger partial charge is 0.307 e. The van der Waals surface area contributed by atoms with Crippen LogP contribution in [-0.4, -0.2) is 38.1 Å². The number of likely N-dealkylation sites (tertiary alicyclic amines) is 1. The number of aromatic nitrogens is 3. The Morgan fingerprint density at radius 1 is 1.26 bits per heavy atom. The first-order chi connectivity index (χ1) is 10.9. The molecule has 2 aromatic rings. The van der Waals surface area contributed by atoms with Crippen LogP contribution in [0.1, 0.15) is 59.7 Å². The highest BCUT2D eigenvalue weighted by molar-refractivity contribution is 5.71. The third kappa shape index (κ3) is 3.27. The van der Waals surface area contributed by atoms with Gasteiger partial charge < -0.3 is 4.57 Å². The summed E-state index contributed by atoms with van der Waals surface area (Å²) in [4.78, 5) is 12.2. The van der Waals surface area contributed by atoms with Crippen LogP contribution < -0.4 is 0 Å². The van der Waals surface area contributed by atoms with Gasteiger partial charge in [-0.25, -0.2) is 9.97 Å². The first-order valence-electron chi connectivity index (χ1n) is 8.96. The van der Waals surface area contributed by atoms with Crippen molar-refractivity contribution in [2.45, 2.75) is 77.9 Å². The summed E-state index contributed by atoms with van der Waals surface area (Å²) in [5.41, 5.74) is 2.03. The number of hydrogen-bond donors (Lipinski definition) is 0. The predicted octanol–water partition coefficient (Wildman–Crippen LogP) is 3.99. The van der Waals surface area contributed by atoms with Crippen LogP contribution in [0, 0.1) is 0 Å². The molecule has 0 bridgehead atoms. The zero-order valence-electron chi connectivity index (χ0n) is 15.2. The molecule has 1 unspecified atom stereocenters. The van der Waals surface area contributed by atoms with Gasteiger partial charge in [0.15, 0.2) is 5.65 Å². The van der Waals surface area contributed by atoms with Crippen LogP contribution in [0.4, 0.5) is 0 Å². The minimum Gasteiger partial charge on any atom is -0.307 e. The number of nitrogens with zero attached hydrogens (tertiary/aromatic N) is 4. The lowest BCUT2D eigenvalue weighted by atomic mass is 9.97. The van der Waals surface area contributed by atoms with Crippen LogP contribution in [0.2, 0.25) is 0 Å². The molecule has 1 aliphatic heterocycles. The molecule has 4 heteroatoms. The number of pyridine rings is 1. The fraction of sp³-hybridized carbons (Fsp3) is 0.684. The minimum atomic E-state index is -0.00420. The molecule has 0 N–H and O–H groups in total. The SMILES string of the molecule is CC(C)N1CCCCC1Cc1nc2cccnc2n1C(C)(C)C. The molecular weight excluding hydrogens is 284 g/mol. The van der Waals surface area contributed by atoms with Crippen LogP contribution >= 0.6 is 0 Å². The van der Waals surface area contributed by atoms with Crippen LogP contribution in [0.25, 0.3) is 11.2 Å². The molecule has 0 saturated carbocycles. The summed E-state index contributed by atoms with van der Waals surface area (Å²) in [6, 6.07) is 5.26. The second-order valence-electron chi connectivity index (χ2n) is 8.07. The Bertz CT molecular complexity index is 666. The molecule has 1 aliphatic rings. The monoisotopic (exact) mass is 314 g/mol. The molecule has 2 aromatic heterocycles. The smallest absolute Gasteiger partial charge is 0.160 e. The summed E-state index contributed by atoms with van der Waals surface area (Å²) in [6.07, 6.45) is 6.83. The van der Waals surface area contributed by atoms with Crippen molar-refractivity contribution in [2.75, 3.05) is 6.54 Å². The lowest BCUT2D eigenvalue weighted by Gasteiger charge is -2.39. The van der Waals surface area contributed by atoms with Crippen LogP contribution in [-0.2, 0) is 12.0 Å². The van der Waals surface area contributed by atoms with Gasteiger partial charge >= 0.3 is 0 Å². The van der Waals surface area contributed by atoms with Gasteiger partial charge in [-0.1, -0.05) is 6.42 Å². The van der Waals surface area contributed by atoms with Crippen LogP contribution in [0.15, 0.2) is 18.3 Å². The van der Waals surface area contributed by atoms with Crippen molar-refractivity contribution in [2.24, 2.45) is 0 Å². The standard InChI is InChI=1S/C19H30N4/c1-14(2)22-12-7-6-9-15(22)13-17-21-16-10-8-11-20-18(16)23(17)19(3,4)5/h8,10-11,14-15H,6-7,9,12-13H2,1-5H3. The highest BCUT2D eigenvalue weighted by Crippen LogP contribution is 2.28. The third-order valence-corrected chi connectivity index (χ3v) is 4.91. The Morgan fingerprint density at radius 3 is 2.74 bits per heavy atom. The average molecular weight is 314 g/mol. The third-order valence-electron chi connectivity index (χ3n) is 4.91. The molecule has 0 aliphatic carbocycles. The molecule has 126 valence electrons. The van der Waals surface area contributed by atoms with Crippen molar-refractivity contribution < 1.29 is 0 Å². The van der Waals surface area contributed by atoms with E-state index in [0.29, 0.717) is 12.1 Å². The van der Waals surface area contributed by atoms with E-state index in [4.69, 9.17) is 4.98 Å². The summed E-state index contributed by atoms with van der Waals surface area (Å²) >= 11 is 0. The van der Waals surface area contributed by atoms with Crippen LogP contribution in [0.3, 0.4) is 0 Å². The Kier molecular flexibility index (Phi) is 4.45. The fourth-order valence-corrected chi connectivity index (χ4v) is 3.93. The summed E-state index contributed by atoms with van der Waals surface area (Å²) < 4.78 is 2.34. The summed E-state index contributed by atoms with van der Waals surface area (Å²) in [7, 11) is 0. The van der Waals surface area contributed by atoms with E-state index in [-0.39, 0.29) is 5.54 Å². The summed E-state index contributed by atoms with van der Waals surface area (Å²) in [5, 5.41) is 0. The summed E-state index contributed by atoms with van der Waals surface area (Å²) in [5.74, 6) is 1.18. The quantitative estimate of drug-likeness (QED) is 0.859. The van der Waals surface area contributed by atoms with Crippen molar-refractivity contribution in [1.82, 2.24) is 19.4 Å². The van der Waals surface area contributed by atoms with E-state index in [1.807, 2.05) is 12.3 Å². The summed E-state index contributed by atoms with van der Waals surface area (Å²) in [6.45, 7) is 12.6. The average Bonchev–Trinajstić information content (AvgIpc) is 2.85. The Labute approximate surface area is 139 Å². The first-order valence-corrected chi connectivity index (χ1v) is 8.96. The van der Waals surface area contributed by atoms with Gasteiger partial charge in [0.1, 0.15) is 11.3 Å². The van der Waals surface area contributed by atoms with E-state index >= 15 is 0 Å². The molecule has 4 nitrogen and oxygen atoms in total. The Morgan fingerprint density at radius 2 is 2.04 bits per heavy atom. The second-order valence-corrected chi connectivity index (χ2v) is 8.07. The number of piperidine rings is 1. The maximum Gasteiger partial charge on any atom is 0.160 e. The van der Waals surface area contributed by atoms with E-state index in [1.165, 1.54) is 31.6 Å². The molecule has 0 aromatic carbocycles. The van der Waals surface area contributed by atoms with E-state index < -0.39 is 0 Å². The molecule has 3 rings (SSSR count). The van der Waals surface area contributed by atoms with Gasteiger partial charge in [0.2, 0.25) is 0 Å². The van der Waals surface area contributed by atoms with Crippen molar-refractivity contribution in [1.29, 1.82) is 0 Å². The highest BCUT2D eigenvalue weighted by Gasteiger charge is 2.29. The fourth-order valence-electron chi connectivity index (χ4n) is 3.93. The van der Waals surface area contributed by atoms with E-state index in [0.717, 1.165) is 17.6 Å².